The fraction of sp³-hybridized carbons (Fsp3) is 0.571. The van der Waals surface area contributed by atoms with Gasteiger partial charge in [0, 0.05) is 45.8 Å². The van der Waals surface area contributed by atoms with Crippen LogP contribution >= 0.6 is 0 Å². The van der Waals surface area contributed by atoms with E-state index in [1.165, 1.54) is 19.2 Å². The highest BCUT2D eigenvalue weighted by atomic mass is 19.4. The topological polar surface area (TPSA) is 56.7 Å². The maximum Gasteiger partial charge on any atom is 0.433 e. The number of aliphatic hydroxyl groups excluding tert-OH is 1. The van der Waals surface area contributed by atoms with Crippen LogP contribution in [0.1, 0.15) is 18.2 Å². The molecule has 2 rings (SSSR count). The first-order valence-corrected chi connectivity index (χ1v) is 6.94. The molecule has 1 N–H and O–H groups in total. The average Bonchev–Trinajstić information content (AvgIpc) is 2.60. The molecular formula is C14H18F3N3O2. The van der Waals surface area contributed by atoms with Gasteiger partial charge in [-0.1, -0.05) is 6.07 Å². The summed E-state index contributed by atoms with van der Waals surface area (Å²) in [4.78, 5) is 18.3. The first-order valence-electron chi connectivity index (χ1n) is 6.94. The van der Waals surface area contributed by atoms with E-state index in [9.17, 15) is 23.1 Å². The molecule has 122 valence electrons. The standard InChI is InChI=1S/C14H18F3N3O2/c1-10(21)20-5-4-19(8-12(22)9-20)7-11-2-3-13(18-6-11)14(15,16)17/h2-3,6,12,22H,4-5,7-9H2,1H3/t12-/m0/s1. The van der Waals surface area contributed by atoms with E-state index in [0.717, 1.165) is 6.07 Å². The highest BCUT2D eigenvalue weighted by Crippen LogP contribution is 2.27. The Balaban J connectivity index is 1.99. The van der Waals surface area contributed by atoms with Gasteiger partial charge in [-0.3, -0.25) is 14.7 Å². The first-order chi connectivity index (χ1) is 10.3. The number of amides is 1. The zero-order chi connectivity index (χ0) is 16.3. The van der Waals surface area contributed by atoms with Gasteiger partial charge in [-0.25, -0.2) is 0 Å². The molecule has 1 fully saturated rings. The summed E-state index contributed by atoms with van der Waals surface area (Å²) in [5.41, 5.74) is -0.286. The van der Waals surface area contributed by atoms with Crippen LogP contribution in [0.2, 0.25) is 0 Å². The van der Waals surface area contributed by atoms with Crippen molar-refractivity contribution in [2.24, 2.45) is 0 Å². The van der Waals surface area contributed by atoms with E-state index in [1.807, 2.05) is 4.90 Å². The summed E-state index contributed by atoms with van der Waals surface area (Å²) in [6.45, 7) is 3.51. The van der Waals surface area contributed by atoms with Gasteiger partial charge < -0.3 is 10.0 Å². The van der Waals surface area contributed by atoms with E-state index < -0.39 is 18.0 Å². The molecule has 0 saturated carbocycles. The molecule has 1 aromatic heterocycles. The van der Waals surface area contributed by atoms with Crippen molar-refractivity contribution in [1.82, 2.24) is 14.8 Å². The minimum Gasteiger partial charge on any atom is -0.390 e. The third-order valence-electron chi connectivity index (χ3n) is 3.55. The Morgan fingerprint density at radius 2 is 2.09 bits per heavy atom. The number of rotatable bonds is 2. The molecule has 1 aliphatic heterocycles. The van der Waals surface area contributed by atoms with E-state index in [0.29, 0.717) is 31.7 Å². The monoisotopic (exact) mass is 317 g/mol. The number of hydrogen-bond donors (Lipinski definition) is 1. The van der Waals surface area contributed by atoms with Crippen LogP contribution in [-0.2, 0) is 17.5 Å². The predicted molar refractivity (Wildman–Crippen MR) is 72.8 cm³/mol. The minimum atomic E-state index is -4.45. The smallest absolute Gasteiger partial charge is 0.390 e. The number of aromatic nitrogens is 1. The largest absolute Gasteiger partial charge is 0.433 e. The molecule has 0 radical (unpaired) electrons. The Bertz CT molecular complexity index is 519. The molecule has 0 bridgehead atoms. The molecule has 1 atom stereocenters. The van der Waals surface area contributed by atoms with Crippen molar-refractivity contribution in [3.05, 3.63) is 29.6 Å². The molecule has 5 nitrogen and oxygen atoms in total. The second-order valence-electron chi connectivity index (χ2n) is 5.40. The van der Waals surface area contributed by atoms with E-state index >= 15 is 0 Å². The van der Waals surface area contributed by atoms with Crippen LogP contribution < -0.4 is 0 Å². The van der Waals surface area contributed by atoms with Crippen molar-refractivity contribution in [1.29, 1.82) is 0 Å². The van der Waals surface area contributed by atoms with Gasteiger partial charge in [-0.05, 0) is 11.6 Å². The SMILES string of the molecule is CC(=O)N1CCN(Cc2ccc(C(F)(F)F)nc2)C[C@H](O)C1. The summed E-state index contributed by atoms with van der Waals surface area (Å²) in [5.74, 6) is -0.0999. The third-order valence-corrected chi connectivity index (χ3v) is 3.55. The lowest BCUT2D eigenvalue weighted by Crippen LogP contribution is -2.36. The van der Waals surface area contributed by atoms with Crippen molar-refractivity contribution in [3.63, 3.8) is 0 Å². The maximum absolute atomic E-state index is 12.5. The molecule has 1 aliphatic rings. The van der Waals surface area contributed by atoms with Crippen LogP contribution in [0.4, 0.5) is 13.2 Å². The number of aliphatic hydroxyl groups is 1. The average molecular weight is 317 g/mol. The van der Waals surface area contributed by atoms with Crippen molar-refractivity contribution in [2.45, 2.75) is 25.7 Å². The van der Waals surface area contributed by atoms with Gasteiger partial charge in [-0.2, -0.15) is 13.2 Å². The maximum atomic E-state index is 12.5. The molecular weight excluding hydrogens is 299 g/mol. The third kappa shape index (κ3) is 4.41. The van der Waals surface area contributed by atoms with E-state index in [-0.39, 0.29) is 12.5 Å². The molecule has 0 aliphatic carbocycles. The summed E-state index contributed by atoms with van der Waals surface area (Å²) in [7, 11) is 0. The normalized spacial score (nSPS) is 20.8. The van der Waals surface area contributed by atoms with Gasteiger partial charge in [0.1, 0.15) is 5.69 Å². The zero-order valence-corrected chi connectivity index (χ0v) is 12.2. The summed E-state index contributed by atoms with van der Waals surface area (Å²) in [5, 5.41) is 9.91. The van der Waals surface area contributed by atoms with Crippen LogP contribution in [0, 0.1) is 0 Å². The lowest BCUT2D eigenvalue weighted by Gasteiger charge is -2.21. The summed E-state index contributed by atoms with van der Waals surface area (Å²) < 4.78 is 37.4. The number of pyridine rings is 1. The number of carbonyl (C=O) groups is 1. The number of hydrogen-bond acceptors (Lipinski definition) is 4. The van der Waals surface area contributed by atoms with Gasteiger partial charge in [0.05, 0.1) is 6.10 Å². The van der Waals surface area contributed by atoms with Gasteiger partial charge in [0.2, 0.25) is 5.91 Å². The molecule has 0 aromatic carbocycles. The number of β-amino-alcohol motifs (C(OH)–C–C–N with tert-alkyl or cyclic N) is 1. The van der Waals surface area contributed by atoms with Crippen molar-refractivity contribution < 1.29 is 23.1 Å². The molecule has 2 heterocycles. The van der Waals surface area contributed by atoms with Gasteiger partial charge in [0.25, 0.3) is 0 Å². The fourth-order valence-electron chi connectivity index (χ4n) is 2.43. The minimum absolute atomic E-state index is 0.0999. The fourth-order valence-corrected chi connectivity index (χ4v) is 2.43. The Kier molecular flexibility index (Phi) is 5.02. The predicted octanol–water partition coefficient (Wildman–Crippen LogP) is 1.13. The number of nitrogens with zero attached hydrogens (tertiary/aromatic N) is 3. The van der Waals surface area contributed by atoms with Crippen LogP contribution in [-0.4, -0.2) is 58.1 Å². The summed E-state index contributed by atoms with van der Waals surface area (Å²) in [6.07, 6.45) is -3.92. The van der Waals surface area contributed by atoms with Gasteiger partial charge in [-0.15, -0.1) is 0 Å². The van der Waals surface area contributed by atoms with E-state index in [2.05, 4.69) is 4.98 Å². The summed E-state index contributed by atoms with van der Waals surface area (Å²) in [6, 6.07) is 2.33. The molecule has 1 amide bonds. The van der Waals surface area contributed by atoms with Crippen LogP contribution in [0.3, 0.4) is 0 Å². The highest BCUT2D eigenvalue weighted by Gasteiger charge is 2.32. The van der Waals surface area contributed by atoms with Crippen LogP contribution in [0.25, 0.3) is 0 Å². The Labute approximate surface area is 126 Å². The Hall–Kier alpha value is -1.67. The molecule has 0 spiro atoms. The van der Waals surface area contributed by atoms with Crippen molar-refractivity contribution in [2.75, 3.05) is 26.2 Å². The molecule has 8 heteroatoms. The lowest BCUT2D eigenvalue weighted by molar-refractivity contribution is -0.141. The van der Waals surface area contributed by atoms with Gasteiger partial charge >= 0.3 is 6.18 Å². The van der Waals surface area contributed by atoms with Crippen molar-refractivity contribution in [3.8, 4) is 0 Å². The van der Waals surface area contributed by atoms with Crippen molar-refractivity contribution >= 4 is 5.91 Å². The zero-order valence-electron chi connectivity index (χ0n) is 12.2. The Morgan fingerprint density at radius 3 is 2.64 bits per heavy atom. The summed E-state index contributed by atoms with van der Waals surface area (Å²) >= 11 is 0. The molecule has 1 aromatic rings. The number of carbonyl (C=O) groups excluding carboxylic acids is 1. The second kappa shape index (κ2) is 6.62. The number of halogens is 3. The van der Waals surface area contributed by atoms with E-state index in [4.69, 9.17) is 0 Å². The quantitative estimate of drug-likeness (QED) is 0.888. The highest BCUT2D eigenvalue weighted by molar-refractivity contribution is 5.73. The van der Waals surface area contributed by atoms with Crippen LogP contribution in [0.15, 0.2) is 18.3 Å². The first kappa shape index (κ1) is 16.7. The Morgan fingerprint density at radius 1 is 1.36 bits per heavy atom. The molecule has 0 unspecified atom stereocenters. The van der Waals surface area contributed by atoms with E-state index in [1.54, 1.807) is 4.90 Å². The molecule has 1 saturated heterocycles. The lowest BCUT2D eigenvalue weighted by atomic mass is 10.2. The molecule has 22 heavy (non-hydrogen) atoms. The number of alkyl halides is 3. The van der Waals surface area contributed by atoms with Gasteiger partial charge in [0.15, 0.2) is 0 Å². The van der Waals surface area contributed by atoms with Crippen LogP contribution in [0.5, 0.6) is 0 Å². The second-order valence-corrected chi connectivity index (χ2v) is 5.40.